The quantitative estimate of drug-likeness (QED) is 0.801. The molecule has 0 radical (unpaired) electrons. The van der Waals surface area contributed by atoms with Gasteiger partial charge >= 0.3 is 0 Å². The van der Waals surface area contributed by atoms with Crippen LogP contribution in [0.2, 0.25) is 0 Å². The fourth-order valence-electron chi connectivity index (χ4n) is 1.71. The lowest BCUT2D eigenvalue weighted by Crippen LogP contribution is -2.26. The zero-order valence-electron chi connectivity index (χ0n) is 9.92. The van der Waals surface area contributed by atoms with Crippen molar-refractivity contribution in [3.05, 3.63) is 36.5 Å². The first-order chi connectivity index (χ1) is 9.22. The van der Waals surface area contributed by atoms with Gasteiger partial charge in [-0.1, -0.05) is 0 Å². The summed E-state index contributed by atoms with van der Waals surface area (Å²) < 4.78 is 11.0. The summed E-state index contributed by atoms with van der Waals surface area (Å²) in [5, 5.41) is 2.62. The SMILES string of the molecule is Nc1ccc(Oc2ccnc3c2OCC(=O)N3)cc1. The maximum absolute atomic E-state index is 11.2. The molecular formula is C13H11N3O3. The number of nitrogen functional groups attached to an aromatic ring is 1. The molecule has 0 aliphatic carbocycles. The highest BCUT2D eigenvalue weighted by molar-refractivity contribution is 5.94. The minimum atomic E-state index is -0.232. The number of nitrogens with zero attached hydrogens (tertiary/aromatic N) is 1. The van der Waals surface area contributed by atoms with Crippen LogP contribution in [0.15, 0.2) is 36.5 Å². The van der Waals surface area contributed by atoms with Crippen molar-refractivity contribution in [1.29, 1.82) is 0 Å². The first-order valence-electron chi connectivity index (χ1n) is 5.67. The number of anilines is 2. The zero-order chi connectivity index (χ0) is 13.2. The van der Waals surface area contributed by atoms with Gasteiger partial charge in [0.05, 0.1) is 0 Å². The topological polar surface area (TPSA) is 86.5 Å². The molecule has 2 aromatic rings. The Balaban J connectivity index is 1.91. The fourth-order valence-corrected chi connectivity index (χ4v) is 1.71. The highest BCUT2D eigenvalue weighted by atomic mass is 16.5. The van der Waals surface area contributed by atoms with Crippen molar-refractivity contribution in [3.8, 4) is 17.2 Å². The number of aromatic nitrogens is 1. The molecule has 0 saturated heterocycles. The first-order valence-corrected chi connectivity index (χ1v) is 5.67. The van der Waals surface area contributed by atoms with Crippen molar-refractivity contribution in [1.82, 2.24) is 4.98 Å². The molecule has 0 bridgehead atoms. The van der Waals surface area contributed by atoms with Gasteiger partial charge in [0, 0.05) is 18.0 Å². The van der Waals surface area contributed by atoms with Crippen LogP contribution in [-0.2, 0) is 4.79 Å². The van der Waals surface area contributed by atoms with Crippen LogP contribution in [0.1, 0.15) is 0 Å². The fraction of sp³-hybridized carbons (Fsp3) is 0.0769. The van der Waals surface area contributed by atoms with Crippen LogP contribution < -0.4 is 20.5 Å². The number of rotatable bonds is 2. The summed E-state index contributed by atoms with van der Waals surface area (Å²) in [5.41, 5.74) is 6.27. The number of nitrogens with one attached hydrogen (secondary N) is 1. The van der Waals surface area contributed by atoms with E-state index in [0.717, 1.165) is 0 Å². The van der Waals surface area contributed by atoms with Gasteiger partial charge in [0.2, 0.25) is 5.75 Å². The molecule has 0 atom stereocenters. The maximum atomic E-state index is 11.2. The largest absolute Gasteiger partial charge is 0.476 e. The number of nitrogens with two attached hydrogens (primary N) is 1. The van der Waals surface area contributed by atoms with E-state index < -0.39 is 0 Å². The van der Waals surface area contributed by atoms with E-state index in [4.69, 9.17) is 15.2 Å². The summed E-state index contributed by atoms with van der Waals surface area (Å²) in [4.78, 5) is 15.2. The van der Waals surface area contributed by atoms with Crippen molar-refractivity contribution in [2.24, 2.45) is 0 Å². The summed E-state index contributed by atoms with van der Waals surface area (Å²) in [6, 6.07) is 8.66. The second-order valence-corrected chi connectivity index (χ2v) is 3.99. The predicted molar refractivity (Wildman–Crippen MR) is 69.3 cm³/mol. The van der Waals surface area contributed by atoms with E-state index >= 15 is 0 Å². The van der Waals surface area contributed by atoms with Crippen LogP contribution in [0.3, 0.4) is 0 Å². The second kappa shape index (κ2) is 4.49. The summed E-state index contributed by atoms with van der Waals surface area (Å²) in [6.45, 7) is -0.0449. The Hall–Kier alpha value is -2.76. The van der Waals surface area contributed by atoms with Crippen molar-refractivity contribution in [2.75, 3.05) is 17.7 Å². The summed E-state index contributed by atoms with van der Waals surface area (Å²) in [6.07, 6.45) is 1.54. The summed E-state index contributed by atoms with van der Waals surface area (Å²) >= 11 is 0. The summed E-state index contributed by atoms with van der Waals surface area (Å²) in [5.74, 6) is 1.69. The highest BCUT2D eigenvalue weighted by Gasteiger charge is 2.21. The van der Waals surface area contributed by atoms with Crippen molar-refractivity contribution < 1.29 is 14.3 Å². The van der Waals surface area contributed by atoms with Gasteiger partial charge in [0.25, 0.3) is 5.91 Å². The number of carbonyl (C=O) groups is 1. The number of hydrogen-bond acceptors (Lipinski definition) is 5. The maximum Gasteiger partial charge on any atom is 0.263 e. The number of pyridine rings is 1. The second-order valence-electron chi connectivity index (χ2n) is 3.99. The average Bonchev–Trinajstić information content (AvgIpc) is 2.41. The lowest BCUT2D eigenvalue weighted by molar-refractivity contribution is -0.118. The Morgan fingerprint density at radius 3 is 2.84 bits per heavy atom. The van der Waals surface area contributed by atoms with E-state index in [1.807, 2.05) is 0 Å². The third-order valence-electron chi connectivity index (χ3n) is 2.58. The average molecular weight is 257 g/mol. The van der Waals surface area contributed by atoms with Crippen LogP contribution in [0.25, 0.3) is 0 Å². The van der Waals surface area contributed by atoms with Crippen molar-refractivity contribution in [3.63, 3.8) is 0 Å². The number of amides is 1. The molecule has 1 aromatic heterocycles. The van der Waals surface area contributed by atoms with Crippen molar-refractivity contribution >= 4 is 17.4 Å². The molecule has 96 valence electrons. The highest BCUT2D eigenvalue weighted by Crippen LogP contribution is 2.37. The number of carbonyl (C=O) groups excluding carboxylic acids is 1. The summed E-state index contributed by atoms with van der Waals surface area (Å²) in [7, 11) is 0. The smallest absolute Gasteiger partial charge is 0.263 e. The first kappa shape index (κ1) is 11.3. The molecule has 2 heterocycles. The molecular weight excluding hydrogens is 246 g/mol. The van der Waals surface area contributed by atoms with Gasteiger partial charge in [-0.15, -0.1) is 0 Å². The number of ether oxygens (including phenoxy) is 2. The minimum Gasteiger partial charge on any atom is -0.476 e. The molecule has 1 amide bonds. The van der Waals surface area contributed by atoms with Crippen LogP contribution in [0.4, 0.5) is 11.5 Å². The van der Waals surface area contributed by atoms with Gasteiger partial charge in [-0.05, 0) is 24.3 Å². The van der Waals surface area contributed by atoms with E-state index in [-0.39, 0.29) is 12.5 Å². The predicted octanol–water partition coefficient (Wildman–Crippen LogP) is 1.79. The molecule has 0 unspecified atom stereocenters. The van der Waals surface area contributed by atoms with Crippen LogP contribution in [-0.4, -0.2) is 17.5 Å². The van der Waals surface area contributed by atoms with Crippen LogP contribution in [0.5, 0.6) is 17.2 Å². The molecule has 6 nitrogen and oxygen atoms in total. The molecule has 3 rings (SSSR count). The Kier molecular flexibility index (Phi) is 2.68. The lowest BCUT2D eigenvalue weighted by Gasteiger charge is -2.19. The monoisotopic (exact) mass is 257 g/mol. The van der Waals surface area contributed by atoms with Crippen molar-refractivity contribution in [2.45, 2.75) is 0 Å². The normalized spacial score (nSPS) is 13.2. The molecule has 6 heteroatoms. The third kappa shape index (κ3) is 2.28. The number of benzene rings is 1. The Bertz CT molecular complexity index is 626. The van der Waals surface area contributed by atoms with E-state index in [2.05, 4.69) is 10.3 Å². The Morgan fingerprint density at radius 1 is 1.26 bits per heavy atom. The molecule has 0 fully saturated rings. The lowest BCUT2D eigenvalue weighted by atomic mass is 10.3. The van der Waals surface area contributed by atoms with Gasteiger partial charge < -0.3 is 20.5 Å². The minimum absolute atomic E-state index is 0.0449. The van der Waals surface area contributed by atoms with Crippen LogP contribution in [0, 0.1) is 0 Å². The molecule has 1 aromatic carbocycles. The molecule has 0 saturated carbocycles. The molecule has 1 aliphatic rings. The van der Waals surface area contributed by atoms with Gasteiger partial charge in [0.15, 0.2) is 18.2 Å². The number of fused-ring (bicyclic) bond motifs is 1. The van der Waals surface area contributed by atoms with E-state index in [9.17, 15) is 4.79 Å². The molecule has 0 spiro atoms. The Labute approximate surface area is 109 Å². The third-order valence-corrected chi connectivity index (χ3v) is 2.58. The molecule has 19 heavy (non-hydrogen) atoms. The van der Waals surface area contributed by atoms with Gasteiger partial charge in [-0.25, -0.2) is 4.98 Å². The van der Waals surface area contributed by atoms with Gasteiger partial charge in [-0.2, -0.15) is 0 Å². The standard InChI is InChI=1S/C13H11N3O3/c14-8-1-3-9(4-2-8)19-10-5-6-15-13-12(10)18-7-11(17)16-13/h1-6H,7,14H2,(H,15,16,17). The van der Waals surface area contributed by atoms with Gasteiger partial charge in [0.1, 0.15) is 5.75 Å². The molecule has 1 aliphatic heterocycles. The van der Waals surface area contributed by atoms with E-state index in [0.29, 0.717) is 28.8 Å². The molecule has 3 N–H and O–H groups in total. The van der Waals surface area contributed by atoms with E-state index in [1.165, 1.54) is 0 Å². The number of hydrogen-bond donors (Lipinski definition) is 2. The zero-order valence-corrected chi connectivity index (χ0v) is 9.92. The van der Waals surface area contributed by atoms with Gasteiger partial charge in [-0.3, -0.25) is 4.79 Å². The van der Waals surface area contributed by atoms with Crippen LogP contribution >= 0.6 is 0 Å². The van der Waals surface area contributed by atoms with E-state index in [1.54, 1.807) is 36.5 Å². The Morgan fingerprint density at radius 2 is 2.05 bits per heavy atom.